The summed E-state index contributed by atoms with van der Waals surface area (Å²) >= 11 is 5.37. The first-order valence-electron chi connectivity index (χ1n) is 3.05. The van der Waals surface area contributed by atoms with Crippen LogP contribution in [0, 0.1) is 0 Å². The van der Waals surface area contributed by atoms with Crippen molar-refractivity contribution in [3.63, 3.8) is 0 Å². The van der Waals surface area contributed by atoms with E-state index in [1.807, 2.05) is 6.92 Å². The van der Waals surface area contributed by atoms with Gasteiger partial charge in [-0.3, -0.25) is 0 Å². The minimum Gasteiger partial charge on any atom is -0.380 e. The van der Waals surface area contributed by atoms with E-state index in [9.17, 15) is 0 Å². The Hall–Kier alpha value is -0.0100. The van der Waals surface area contributed by atoms with Gasteiger partial charge in [-0.2, -0.15) is 0 Å². The maximum absolute atomic E-state index is 5.37. The van der Waals surface area contributed by atoms with E-state index in [4.69, 9.17) is 16.3 Å². The SMILES string of the molecule is C=C(C)CCOCCCl. The maximum atomic E-state index is 5.37. The molecular formula is C7H13ClO. The molecule has 0 aromatic heterocycles. The Morgan fingerprint density at radius 2 is 2.22 bits per heavy atom. The summed E-state index contributed by atoms with van der Waals surface area (Å²) in [5, 5.41) is 0. The molecule has 0 aromatic rings. The van der Waals surface area contributed by atoms with Crippen molar-refractivity contribution >= 4 is 11.6 Å². The van der Waals surface area contributed by atoms with Crippen LogP contribution in [0.4, 0.5) is 0 Å². The molecule has 0 aliphatic heterocycles. The molecular weight excluding hydrogens is 136 g/mol. The third kappa shape index (κ3) is 7.99. The number of hydrogen-bond acceptors (Lipinski definition) is 1. The van der Waals surface area contributed by atoms with E-state index in [-0.39, 0.29) is 0 Å². The molecule has 0 aliphatic rings. The van der Waals surface area contributed by atoms with Gasteiger partial charge in [0.2, 0.25) is 0 Å². The van der Waals surface area contributed by atoms with Crippen molar-refractivity contribution < 1.29 is 4.74 Å². The van der Waals surface area contributed by atoms with Crippen LogP contribution in [0.1, 0.15) is 13.3 Å². The fourth-order valence-corrected chi connectivity index (χ4v) is 0.512. The number of rotatable bonds is 5. The molecule has 0 N–H and O–H groups in total. The number of alkyl halides is 1. The Bertz CT molecular complexity index is 81.0. The number of halogens is 1. The summed E-state index contributed by atoms with van der Waals surface area (Å²) in [7, 11) is 0. The minimum atomic E-state index is 0.580. The first-order chi connectivity index (χ1) is 4.27. The monoisotopic (exact) mass is 148 g/mol. The lowest BCUT2D eigenvalue weighted by atomic mass is 10.3. The van der Waals surface area contributed by atoms with Gasteiger partial charge in [-0.15, -0.1) is 18.2 Å². The second kappa shape index (κ2) is 6.12. The first kappa shape index (κ1) is 8.99. The van der Waals surface area contributed by atoms with E-state index in [1.54, 1.807) is 0 Å². The summed E-state index contributed by atoms with van der Waals surface area (Å²) in [6.07, 6.45) is 0.941. The number of hydrogen-bond donors (Lipinski definition) is 0. The first-order valence-corrected chi connectivity index (χ1v) is 3.59. The normalized spacial score (nSPS) is 9.56. The predicted molar refractivity (Wildman–Crippen MR) is 41.0 cm³/mol. The highest BCUT2D eigenvalue weighted by molar-refractivity contribution is 6.17. The van der Waals surface area contributed by atoms with Gasteiger partial charge in [-0.25, -0.2) is 0 Å². The van der Waals surface area contributed by atoms with Crippen molar-refractivity contribution in [1.29, 1.82) is 0 Å². The highest BCUT2D eigenvalue weighted by Crippen LogP contribution is 1.94. The predicted octanol–water partition coefficient (Wildman–Crippen LogP) is 2.21. The Labute approximate surface area is 61.7 Å². The molecule has 0 unspecified atom stereocenters. The van der Waals surface area contributed by atoms with Gasteiger partial charge in [-0.05, 0) is 13.3 Å². The lowest BCUT2D eigenvalue weighted by Crippen LogP contribution is -1.97. The Kier molecular flexibility index (Phi) is 6.11. The molecule has 0 radical (unpaired) electrons. The van der Waals surface area contributed by atoms with Crippen LogP contribution in [-0.2, 0) is 4.74 Å². The zero-order valence-corrected chi connectivity index (χ0v) is 6.58. The van der Waals surface area contributed by atoms with E-state index < -0.39 is 0 Å². The topological polar surface area (TPSA) is 9.23 Å². The largest absolute Gasteiger partial charge is 0.380 e. The van der Waals surface area contributed by atoms with Gasteiger partial charge in [0.25, 0.3) is 0 Å². The third-order valence-electron chi connectivity index (χ3n) is 0.895. The zero-order valence-electron chi connectivity index (χ0n) is 5.82. The average Bonchev–Trinajstić information content (AvgIpc) is 1.80. The van der Waals surface area contributed by atoms with Crippen molar-refractivity contribution in [1.82, 2.24) is 0 Å². The molecule has 0 saturated heterocycles. The van der Waals surface area contributed by atoms with Crippen LogP contribution >= 0.6 is 11.6 Å². The molecule has 0 saturated carbocycles. The molecule has 1 nitrogen and oxygen atoms in total. The van der Waals surface area contributed by atoms with Crippen LogP contribution in [0.15, 0.2) is 12.2 Å². The minimum absolute atomic E-state index is 0.580. The molecule has 0 bridgehead atoms. The van der Waals surface area contributed by atoms with Crippen molar-refractivity contribution in [3.8, 4) is 0 Å². The van der Waals surface area contributed by atoms with E-state index in [0.717, 1.165) is 18.6 Å². The van der Waals surface area contributed by atoms with Crippen LogP contribution in [0.5, 0.6) is 0 Å². The molecule has 0 rings (SSSR count). The Morgan fingerprint density at radius 1 is 1.56 bits per heavy atom. The van der Waals surface area contributed by atoms with E-state index >= 15 is 0 Å². The summed E-state index contributed by atoms with van der Waals surface area (Å²) in [4.78, 5) is 0. The van der Waals surface area contributed by atoms with Crippen LogP contribution < -0.4 is 0 Å². The van der Waals surface area contributed by atoms with E-state index in [0.29, 0.717) is 12.5 Å². The lowest BCUT2D eigenvalue weighted by molar-refractivity contribution is 0.152. The fraction of sp³-hybridized carbons (Fsp3) is 0.714. The summed E-state index contributed by atoms with van der Waals surface area (Å²) in [5.74, 6) is 0.580. The zero-order chi connectivity index (χ0) is 7.11. The third-order valence-corrected chi connectivity index (χ3v) is 1.05. The van der Waals surface area contributed by atoms with Gasteiger partial charge in [0.1, 0.15) is 0 Å². The molecule has 0 spiro atoms. The second-order valence-electron chi connectivity index (χ2n) is 2.01. The number of ether oxygens (including phenoxy) is 1. The van der Waals surface area contributed by atoms with Crippen molar-refractivity contribution in [2.24, 2.45) is 0 Å². The van der Waals surface area contributed by atoms with Crippen molar-refractivity contribution in [2.75, 3.05) is 19.1 Å². The molecule has 54 valence electrons. The van der Waals surface area contributed by atoms with Crippen LogP contribution in [0.25, 0.3) is 0 Å². The molecule has 0 fully saturated rings. The lowest BCUT2D eigenvalue weighted by Gasteiger charge is -1.99. The van der Waals surface area contributed by atoms with E-state index in [2.05, 4.69) is 6.58 Å². The molecule has 0 amide bonds. The van der Waals surface area contributed by atoms with Gasteiger partial charge in [0.15, 0.2) is 0 Å². The maximum Gasteiger partial charge on any atom is 0.0601 e. The van der Waals surface area contributed by atoms with Crippen LogP contribution in [0.3, 0.4) is 0 Å². The fourth-order valence-electron chi connectivity index (χ4n) is 0.403. The van der Waals surface area contributed by atoms with Gasteiger partial charge in [0.05, 0.1) is 13.2 Å². The summed E-state index contributed by atoms with van der Waals surface area (Å²) in [6.45, 7) is 7.13. The quantitative estimate of drug-likeness (QED) is 0.330. The summed E-state index contributed by atoms with van der Waals surface area (Å²) in [6, 6.07) is 0. The molecule has 0 aromatic carbocycles. The van der Waals surface area contributed by atoms with Crippen molar-refractivity contribution in [2.45, 2.75) is 13.3 Å². The van der Waals surface area contributed by atoms with Crippen molar-refractivity contribution in [3.05, 3.63) is 12.2 Å². The Balaban J connectivity index is 2.83. The molecule has 9 heavy (non-hydrogen) atoms. The van der Waals surface area contributed by atoms with Gasteiger partial charge in [-0.1, -0.05) is 5.57 Å². The molecule has 0 atom stereocenters. The second-order valence-corrected chi connectivity index (χ2v) is 2.39. The average molecular weight is 149 g/mol. The summed E-state index contributed by atoms with van der Waals surface area (Å²) in [5.41, 5.74) is 1.16. The summed E-state index contributed by atoms with van der Waals surface area (Å²) < 4.78 is 5.10. The standard InChI is InChI=1S/C7H13ClO/c1-7(2)3-5-9-6-4-8/h1,3-6H2,2H3. The van der Waals surface area contributed by atoms with Gasteiger partial charge < -0.3 is 4.74 Å². The molecule has 0 heterocycles. The molecule has 2 heteroatoms. The molecule has 0 aliphatic carbocycles. The van der Waals surface area contributed by atoms with Gasteiger partial charge >= 0.3 is 0 Å². The highest BCUT2D eigenvalue weighted by atomic mass is 35.5. The van der Waals surface area contributed by atoms with Crippen LogP contribution in [-0.4, -0.2) is 19.1 Å². The smallest absolute Gasteiger partial charge is 0.0601 e. The van der Waals surface area contributed by atoms with Gasteiger partial charge in [0, 0.05) is 5.88 Å². The van der Waals surface area contributed by atoms with E-state index in [1.165, 1.54) is 0 Å². The Morgan fingerprint density at radius 3 is 2.67 bits per heavy atom. The highest BCUT2D eigenvalue weighted by Gasteiger charge is 1.86. The van der Waals surface area contributed by atoms with Crippen LogP contribution in [0.2, 0.25) is 0 Å².